The average Bonchev–Trinajstić information content (AvgIpc) is 3.18. The van der Waals surface area contributed by atoms with Crippen molar-refractivity contribution in [2.24, 2.45) is 0 Å². The summed E-state index contributed by atoms with van der Waals surface area (Å²) in [6, 6.07) is 11.0. The van der Waals surface area contributed by atoms with E-state index in [1.807, 2.05) is 6.92 Å². The summed E-state index contributed by atoms with van der Waals surface area (Å²) >= 11 is 7.07. The fourth-order valence-electron chi connectivity index (χ4n) is 2.75. The van der Waals surface area contributed by atoms with Crippen molar-refractivity contribution in [3.8, 4) is 5.75 Å². The van der Waals surface area contributed by atoms with Crippen molar-refractivity contribution >= 4 is 45.6 Å². The van der Waals surface area contributed by atoms with Gasteiger partial charge < -0.3 is 9.47 Å². The highest BCUT2D eigenvalue weighted by atomic mass is 35.5. The van der Waals surface area contributed by atoms with Gasteiger partial charge in [0.2, 0.25) is 5.91 Å². The number of carbonyl (C=O) groups is 2. The molecule has 9 heteroatoms. The zero-order valence-corrected chi connectivity index (χ0v) is 18.7. The van der Waals surface area contributed by atoms with Crippen LogP contribution in [0.15, 0.2) is 47.8 Å². The summed E-state index contributed by atoms with van der Waals surface area (Å²) in [5.74, 6) is -0.957. The Morgan fingerprint density at radius 2 is 2.00 bits per heavy atom. The Hall–Kier alpha value is -2.97. The Labute approximate surface area is 188 Å². The second-order valence-electron chi connectivity index (χ2n) is 6.70. The molecule has 1 unspecified atom stereocenters. The van der Waals surface area contributed by atoms with Crippen LogP contribution in [0.3, 0.4) is 0 Å². The predicted octanol–water partition coefficient (Wildman–Crippen LogP) is 5.44. The first-order valence-electron chi connectivity index (χ1n) is 9.35. The lowest BCUT2D eigenvalue weighted by Crippen LogP contribution is -2.26. The molecular weight excluding hydrogens is 443 g/mol. The van der Waals surface area contributed by atoms with E-state index in [9.17, 15) is 14.0 Å². The first-order valence-corrected chi connectivity index (χ1v) is 10.6. The van der Waals surface area contributed by atoms with Crippen LogP contribution in [0.2, 0.25) is 5.02 Å². The number of rotatable bonds is 7. The van der Waals surface area contributed by atoms with Crippen molar-refractivity contribution in [2.75, 3.05) is 4.90 Å². The number of carbonyl (C=O) groups excluding carboxylic acids is 2. The third-order valence-electron chi connectivity index (χ3n) is 4.27. The lowest BCUT2D eigenvalue weighted by atomic mass is 10.2. The van der Waals surface area contributed by atoms with E-state index in [0.717, 1.165) is 16.9 Å². The van der Waals surface area contributed by atoms with Crippen LogP contribution in [0.4, 0.5) is 15.2 Å². The lowest BCUT2D eigenvalue weighted by molar-refractivity contribution is -0.152. The molecule has 0 radical (unpaired) electrons. The molecule has 0 bridgehead atoms. The number of hydrogen-bond acceptors (Lipinski definition) is 6. The molecule has 0 saturated carbocycles. The summed E-state index contributed by atoms with van der Waals surface area (Å²) in [5, 5.41) is 2.51. The zero-order valence-electron chi connectivity index (χ0n) is 17.1. The second kappa shape index (κ2) is 9.89. The van der Waals surface area contributed by atoms with Crippen molar-refractivity contribution in [3.05, 3.63) is 69.9 Å². The van der Waals surface area contributed by atoms with Crippen molar-refractivity contribution in [2.45, 2.75) is 33.5 Å². The van der Waals surface area contributed by atoms with Crippen molar-refractivity contribution < 1.29 is 23.5 Å². The quantitative estimate of drug-likeness (QED) is 0.437. The van der Waals surface area contributed by atoms with Gasteiger partial charge in [-0.05, 0) is 49.7 Å². The molecule has 0 aliphatic rings. The predicted molar refractivity (Wildman–Crippen MR) is 117 cm³/mol. The average molecular weight is 463 g/mol. The van der Waals surface area contributed by atoms with Crippen molar-refractivity contribution in [1.82, 2.24) is 4.98 Å². The van der Waals surface area contributed by atoms with Crippen LogP contribution < -0.4 is 9.64 Å². The molecule has 0 N–H and O–H groups in total. The Kier molecular flexibility index (Phi) is 7.25. The maximum atomic E-state index is 14.2. The van der Waals surface area contributed by atoms with Crippen molar-refractivity contribution in [3.63, 3.8) is 0 Å². The molecule has 0 aliphatic heterocycles. The smallest absolute Gasteiger partial charge is 0.347 e. The van der Waals surface area contributed by atoms with E-state index in [1.165, 1.54) is 24.0 Å². The number of aromatic nitrogens is 1. The molecule has 1 heterocycles. The van der Waals surface area contributed by atoms with Gasteiger partial charge in [-0.3, -0.25) is 9.69 Å². The van der Waals surface area contributed by atoms with E-state index >= 15 is 0 Å². The first kappa shape index (κ1) is 22.7. The highest BCUT2D eigenvalue weighted by molar-refractivity contribution is 7.14. The number of amides is 1. The largest absolute Gasteiger partial charge is 0.479 e. The normalized spacial score (nSPS) is 11.6. The molecule has 6 nitrogen and oxygen atoms in total. The number of esters is 1. The molecule has 3 rings (SSSR count). The minimum Gasteiger partial charge on any atom is -0.479 e. The summed E-state index contributed by atoms with van der Waals surface area (Å²) in [6.07, 6.45) is -0.842. The van der Waals surface area contributed by atoms with Crippen LogP contribution in [0, 0.1) is 12.7 Å². The number of benzene rings is 2. The highest BCUT2D eigenvalue weighted by Crippen LogP contribution is 2.31. The first-order chi connectivity index (χ1) is 14.8. The van der Waals surface area contributed by atoms with Gasteiger partial charge in [0.15, 0.2) is 11.2 Å². The number of halogens is 2. The molecule has 162 valence electrons. The molecule has 3 aromatic rings. The van der Waals surface area contributed by atoms with E-state index in [2.05, 4.69) is 4.98 Å². The van der Waals surface area contributed by atoms with Crippen LogP contribution in [0.25, 0.3) is 0 Å². The number of hydrogen-bond donors (Lipinski definition) is 0. The Morgan fingerprint density at radius 3 is 2.68 bits per heavy atom. The Morgan fingerprint density at radius 1 is 1.26 bits per heavy atom. The van der Waals surface area contributed by atoms with Gasteiger partial charge in [-0.25, -0.2) is 14.2 Å². The van der Waals surface area contributed by atoms with Gasteiger partial charge in [0.25, 0.3) is 0 Å². The van der Waals surface area contributed by atoms with Crippen LogP contribution >= 0.6 is 22.9 Å². The molecule has 2 aromatic carbocycles. The summed E-state index contributed by atoms with van der Waals surface area (Å²) in [7, 11) is 0. The van der Waals surface area contributed by atoms with Gasteiger partial charge in [0.1, 0.15) is 18.2 Å². The number of nitrogens with zero attached hydrogens (tertiary/aromatic N) is 2. The standard InChI is InChI=1S/C22H20ClFN2O4S/c1-13-10-16(23)8-9-20(13)30-14(2)21(28)29-11-17-12-31-22(25-17)26(15(3)27)19-7-5-4-6-18(19)24/h4-10,12,14H,11H2,1-3H3. The molecule has 0 aliphatic carbocycles. The zero-order chi connectivity index (χ0) is 22.5. The summed E-state index contributed by atoms with van der Waals surface area (Å²) < 4.78 is 25.1. The number of thiazole rings is 1. The number of aryl methyl sites for hydroxylation is 1. The monoisotopic (exact) mass is 462 g/mol. The fourth-order valence-corrected chi connectivity index (χ4v) is 3.84. The second-order valence-corrected chi connectivity index (χ2v) is 7.98. The lowest BCUT2D eigenvalue weighted by Gasteiger charge is -2.18. The highest BCUT2D eigenvalue weighted by Gasteiger charge is 2.22. The van der Waals surface area contributed by atoms with E-state index in [4.69, 9.17) is 21.1 Å². The van der Waals surface area contributed by atoms with Gasteiger partial charge in [0.05, 0.1) is 11.4 Å². The maximum absolute atomic E-state index is 14.2. The molecule has 0 spiro atoms. The van der Waals surface area contributed by atoms with Crippen LogP contribution in [-0.2, 0) is 20.9 Å². The molecule has 31 heavy (non-hydrogen) atoms. The van der Waals surface area contributed by atoms with Crippen LogP contribution in [0.5, 0.6) is 5.75 Å². The van der Waals surface area contributed by atoms with Gasteiger partial charge >= 0.3 is 5.97 Å². The third kappa shape index (κ3) is 5.59. The summed E-state index contributed by atoms with van der Waals surface area (Å²) in [5.41, 5.74) is 1.34. The number of para-hydroxylation sites is 1. The SMILES string of the molecule is CC(=O)N(c1nc(COC(=O)C(C)Oc2ccc(Cl)cc2C)cs1)c1ccccc1F. The number of anilines is 2. The molecule has 0 fully saturated rings. The Balaban J connectivity index is 1.64. The minimum absolute atomic E-state index is 0.105. The molecule has 1 atom stereocenters. The molecule has 1 amide bonds. The third-order valence-corrected chi connectivity index (χ3v) is 5.38. The van der Waals surface area contributed by atoms with Gasteiger partial charge in [-0.1, -0.05) is 23.7 Å². The molecular formula is C22H20ClFN2O4S. The van der Waals surface area contributed by atoms with Crippen LogP contribution in [-0.4, -0.2) is 23.0 Å². The van der Waals surface area contributed by atoms with E-state index < -0.39 is 17.9 Å². The van der Waals surface area contributed by atoms with E-state index in [1.54, 1.807) is 42.6 Å². The topological polar surface area (TPSA) is 68.7 Å². The maximum Gasteiger partial charge on any atom is 0.347 e. The van der Waals surface area contributed by atoms with E-state index in [-0.39, 0.29) is 23.3 Å². The summed E-state index contributed by atoms with van der Waals surface area (Å²) in [4.78, 5) is 29.9. The van der Waals surface area contributed by atoms with Gasteiger partial charge in [-0.2, -0.15) is 0 Å². The van der Waals surface area contributed by atoms with Crippen molar-refractivity contribution in [1.29, 1.82) is 0 Å². The fraction of sp³-hybridized carbons (Fsp3) is 0.227. The number of ether oxygens (including phenoxy) is 2. The van der Waals surface area contributed by atoms with Crippen LogP contribution in [0.1, 0.15) is 25.1 Å². The molecule has 0 saturated heterocycles. The summed E-state index contributed by atoms with van der Waals surface area (Å²) in [6.45, 7) is 4.63. The van der Waals surface area contributed by atoms with Gasteiger partial charge in [-0.15, -0.1) is 11.3 Å². The Bertz CT molecular complexity index is 1100. The van der Waals surface area contributed by atoms with E-state index in [0.29, 0.717) is 16.5 Å². The molecule has 1 aromatic heterocycles. The van der Waals surface area contributed by atoms with Gasteiger partial charge in [0, 0.05) is 17.3 Å². The minimum atomic E-state index is -0.842.